The van der Waals surface area contributed by atoms with Gasteiger partial charge in [0.15, 0.2) is 5.16 Å². The molecule has 2 aromatic carbocycles. The molecule has 200 valence electrons. The first-order valence-corrected chi connectivity index (χ1v) is 14.8. The van der Waals surface area contributed by atoms with Gasteiger partial charge >= 0.3 is 0 Å². The number of hydrogen-bond donors (Lipinski definition) is 1. The molecule has 0 radical (unpaired) electrons. The van der Waals surface area contributed by atoms with Crippen LogP contribution in [0.3, 0.4) is 0 Å². The molecule has 0 saturated carbocycles. The van der Waals surface area contributed by atoms with Gasteiger partial charge in [-0.1, -0.05) is 74.1 Å². The molecule has 5 aromatic rings. The van der Waals surface area contributed by atoms with E-state index in [0.29, 0.717) is 42.8 Å². The third kappa shape index (κ3) is 5.11. The van der Waals surface area contributed by atoms with E-state index in [-0.39, 0.29) is 23.3 Å². The van der Waals surface area contributed by atoms with Gasteiger partial charge in [0.2, 0.25) is 11.7 Å². The summed E-state index contributed by atoms with van der Waals surface area (Å²) < 4.78 is 9.83. The van der Waals surface area contributed by atoms with Crippen LogP contribution in [-0.2, 0) is 35.5 Å². The molecule has 0 unspecified atom stereocenters. The normalized spacial score (nSPS) is 15.2. The highest BCUT2D eigenvalue weighted by Gasteiger charge is 2.30. The van der Waals surface area contributed by atoms with E-state index in [9.17, 15) is 9.59 Å². The molecule has 0 aliphatic carbocycles. The Hall–Kier alpha value is -3.47. The van der Waals surface area contributed by atoms with Gasteiger partial charge in [-0.25, -0.2) is 4.40 Å². The zero-order valence-corrected chi connectivity index (χ0v) is 23.4. The molecule has 4 heterocycles. The van der Waals surface area contributed by atoms with Crippen molar-refractivity contribution in [1.29, 1.82) is 0 Å². The van der Waals surface area contributed by atoms with E-state index in [0.717, 1.165) is 31.9 Å². The number of nitrogens with one attached hydrogen (secondary N) is 1. The van der Waals surface area contributed by atoms with Crippen LogP contribution in [-0.4, -0.2) is 36.9 Å². The SMILES string of the molecule is CC(C)[C@H]1Cc2c(sc3c2c(=O)n(CCc2ccccc2)c2nnc(SCC(=O)Nc4ccccc4)n32)CO1. The number of thiophene rings is 1. The summed E-state index contributed by atoms with van der Waals surface area (Å²) in [5.41, 5.74) is 2.93. The molecule has 0 bridgehead atoms. The molecule has 10 heteroatoms. The van der Waals surface area contributed by atoms with Crippen LogP contribution in [0, 0.1) is 5.92 Å². The monoisotopic (exact) mass is 559 g/mol. The first-order chi connectivity index (χ1) is 19.0. The molecule has 6 rings (SSSR count). The summed E-state index contributed by atoms with van der Waals surface area (Å²) in [4.78, 5) is 28.6. The number of aromatic nitrogens is 4. The molecule has 1 amide bonds. The quantitative estimate of drug-likeness (QED) is 0.264. The van der Waals surface area contributed by atoms with Crippen LogP contribution in [0.25, 0.3) is 16.0 Å². The van der Waals surface area contributed by atoms with Crippen molar-refractivity contribution < 1.29 is 9.53 Å². The summed E-state index contributed by atoms with van der Waals surface area (Å²) in [6.07, 6.45) is 1.47. The third-order valence-electron chi connectivity index (χ3n) is 7.03. The number of hydrogen-bond acceptors (Lipinski definition) is 7. The van der Waals surface area contributed by atoms with Crippen LogP contribution in [0.5, 0.6) is 0 Å². The Morgan fingerprint density at radius 1 is 1.13 bits per heavy atom. The largest absolute Gasteiger partial charge is 0.372 e. The van der Waals surface area contributed by atoms with E-state index in [1.165, 1.54) is 11.8 Å². The second-order valence-electron chi connectivity index (χ2n) is 9.99. The molecule has 3 aromatic heterocycles. The third-order valence-corrected chi connectivity index (χ3v) is 9.15. The van der Waals surface area contributed by atoms with Gasteiger partial charge in [-0.2, -0.15) is 0 Å². The van der Waals surface area contributed by atoms with Crippen LogP contribution in [0.2, 0.25) is 0 Å². The number of anilines is 1. The number of thioether (sulfide) groups is 1. The molecular formula is C29H29N5O3S2. The zero-order valence-electron chi connectivity index (χ0n) is 21.8. The van der Waals surface area contributed by atoms with Gasteiger partial charge in [-0.3, -0.25) is 14.2 Å². The molecule has 0 saturated heterocycles. The summed E-state index contributed by atoms with van der Waals surface area (Å²) in [6, 6.07) is 19.5. The topological polar surface area (TPSA) is 90.5 Å². The van der Waals surface area contributed by atoms with Crippen molar-refractivity contribution in [3.8, 4) is 0 Å². The highest BCUT2D eigenvalue weighted by Crippen LogP contribution is 2.37. The van der Waals surface area contributed by atoms with E-state index < -0.39 is 0 Å². The Morgan fingerprint density at radius 3 is 2.62 bits per heavy atom. The highest BCUT2D eigenvalue weighted by molar-refractivity contribution is 7.99. The van der Waals surface area contributed by atoms with Gasteiger partial charge in [0, 0.05) is 23.5 Å². The fourth-order valence-electron chi connectivity index (χ4n) is 4.95. The molecular weight excluding hydrogens is 530 g/mol. The number of aryl methyl sites for hydroxylation is 2. The zero-order chi connectivity index (χ0) is 26.9. The van der Waals surface area contributed by atoms with Crippen molar-refractivity contribution in [1.82, 2.24) is 19.2 Å². The Kier molecular flexibility index (Phi) is 7.24. The maximum atomic E-state index is 14.0. The van der Waals surface area contributed by atoms with Crippen LogP contribution in [0.4, 0.5) is 5.69 Å². The van der Waals surface area contributed by atoms with Gasteiger partial charge in [0.05, 0.1) is 23.8 Å². The molecule has 1 N–H and O–H groups in total. The first-order valence-electron chi connectivity index (χ1n) is 13.0. The average molecular weight is 560 g/mol. The molecule has 0 spiro atoms. The first kappa shape index (κ1) is 25.8. The van der Waals surface area contributed by atoms with E-state index in [2.05, 4.69) is 41.5 Å². The average Bonchev–Trinajstić information content (AvgIpc) is 3.54. The molecule has 39 heavy (non-hydrogen) atoms. The summed E-state index contributed by atoms with van der Waals surface area (Å²) in [5, 5.41) is 13.1. The second-order valence-corrected chi connectivity index (χ2v) is 12.0. The fraction of sp³-hybridized carbons (Fsp3) is 0.310. The van der Waals surface area contributed by atoms with E-state index >= 15 is 0 Å². The molecule has 8 nitrogen and oxygen atoms in total. The van der Waals surface area contributed by atoms with E-state index in [1.807, 2.05) is 52.9 Å². The number of para-hydroxylation sites is 1. The predicted octanol–water partition coefficient (Wildman–Crippen LogP) is 5.18. The number of fused-ring (bicyclic) bond motifs is 5. The Labute approximate surface area is 234 Å². The minimum absolute atomic E-state index is 0.0406. The van der Waals surface area contributed by atoms with Crippen LogP contribution in [0.1, 0.15) is 29.9 Å². The Balaban J connectivity index is 1.40. The number of rotatable bonds is 8. The smallest absolute Gasteiger partial charge is 0.263 e. The summed E-state index contributed by atoms with van der Waals surface area (Å²) >= 11 is 2.88. The lowest BCUT2D eigenvalue weighted by molar-refractivity contribution is -0.113. The van der Waals surface area contributed by atoms with Gasteiger partial charge in [0.25, 0.3) is 5.56 Å². The summed E-state index contributed by atoms with van der Waals surface area (Å²) in [7, 11) is 0. The number of nitrogens with zero attached hydrogens (tertiary/aromatic N) is 4. The number of amides is 1. The Morgan fingerprint density at radius 2 is 1.87 bits per heavy atom. The summed E-state index contributed by atoms with van der Waals surface area (Å²) in [6.45, 7) is 5.27. The maximum Gasteiger partial charge on any atom is 0.263 e. The lowest BCUT2D eigenvalue weighted by Crippen LogP contribution is -2.29. The van der Waals surface area contributed by atoms with Crippen LogP contribution < -0.4 is 10.9 Å². The van der Waals surface area contributed by atoms with Crippen molar-refractivity contribution >= 4 is 50.7 Å². The fourth-order valence-corrected chi connectivity index (χ4v) is 6.98. The van der Waals surface area contributed by atoms with Crippen molar-refractivity contribution in [2.45, 2.75) is 51.1 Å². The lowest BCUT2D eigenvalue weighted by Gasteiger charge is -2.26. The minimum atomic E-state index is -0.129. The van der Waals surface area contributed by atoms with Gasteiger partial charge in [0.1, 0.15) is 4.83 Å². The molecule has 0 fully saturated rings. The van der Waals surface area contributed by atoms with Gasteiger partial charge < -0.3 is 10.1 Å². The summed E-state index contributed by atoms with van der Waals surface area (Å²) in [5.74, 6) is 0.884. The van der Waals surface area contributed by atoms with Gasteiger partial charge in [-0.05, 0) is 35.6 Å². The number of carbonyl (C=O) groups is 1. The van der Waals surface area contributed by atoms with Gasteiger partial charge in [-0.15, -0.1) is 21.5 Å². The van der Waals surface area contributed by atoms with Crippen molar-refractivity contribution in [3.05, 3.63) is 87.0 Å². The van der Waals surface area contributed by atoms with Crippen LogP contribution in [0.15, 0.2) is 70.6 Å². The van der Waals surface area contributed by atoms with Crippen molar-refractivity contribution in [2.24, 2.45) is 5.92 Å². The van der Waals surface area contributed by atoms with E-state index in [4.69, 9.17) is 4.74 Å². The van der Waals surface area contributed by atoms with Crippen LogP contribution >= 0.6 is 23.1 Å². The Bertz CT molecular complexity index is 1690. The number of benzene rings is 2. The van der Waals surface area contributed by atoms with Crippen molar-refractivity contribution in [3.63, 3.8) is 0 Å². The highest BCUT2D eigenvalue weighted by atomic mass is 32.2. The second kappa shape index (κ2) is 11.0. The molecule has 1 atom stereocenters. The van der Waals surface area contributed by atoms with E-state index in [1.54, 1.807) is 15.9 Å². The van der Waals surface area contributed by atoms with Crippen molar-refractivity contribution in [2.75, 3.05) is 11.1 Å². The minimum Gasteiger partial charge on any atom is -0.372 e. The lowest BCUT2D eigenvalue weighted by atomic mass is 9.96. The molecule has 1 aliphatic rings. The number of ether oxygens (including phenoxy) is 1. The maximum absolute atomic E-state index is 14.0. The molecule has 1 aliphatic heterocycles. The standard InChI is InChI=1S/C29H29N5O3S2/c1-18(2)22-15-21-23(16-37-22)39-27-25(21)26(36)33(14-13-19-9-5-3-6-10-19)28-31-32-29(34(27)28)38-17-24(35)30-20-11-7-4-8-12-20/h3-12,18,22H,13-17H2,1-2H3,(H,30,35)/t22-/m1/s1. The predicted molar refractivity (Wildman–Crippen MR) is 156 cm³/mol. The number of carbonyl (C=O) groups excluding carboxylic acids is 1.